The van der Waals surface area contributed by atoms with Gasteiger partial charge in [0.25, 0.3) is 0 Å². The molecule has 0 unspecified atom stereocenters. The fraction of sp³-hybridized carbons (Fsp3) is 0.357. The van der Waals surface area contributed by atoms with E-state index in [1.165, 1.54) is 5.32 Å². The van der Waals surface area contributed by atoms with Crippen molar-refractivity contribution in [3.63, 3.8) is 0 Å². The van der Waals surface area contributed by atoms with Gasteiger partial charge in [-0.2, -0.15) is 13.2 Å². The van der Waals surface area contributed by atoms with E-state index in [2.05, 4.69) is 5.32 Å². The van der Waals surface area contributed by atoms with E-state index in [9.17, 15) is 27.6 Å². The Labute approximate surface area is 124 Å². The van der Waals surface area contributed by atoms with Crippen LogP contribution in [0.1, 0.15) is 12.5 Å². The Hall–Kier alpha value is -2.38. The second-order valence-electron chi connectivity index (χ2n) is 4.63. The molecular formula is C14H15F3N2O3. The molecule has 22 heavy (non-hydrogen) atoms. The molecule has 8 heteroatoms. The number of halogens is 3. The minimum atomic E-state index is -5.07. The van der Waals surface area contributed by atoms with Crippen molar-refractivity contribution >= 4 is 18.1 Å². The van der Waals surface area contributed by atoms with E-state index in [-0.39, 0.29) is 6.42 Å². The second-order valence-corrected chi connectivity index (χ2v) is 4.63. The number of carbonyl (C=O) groups is 3. The SMILES string of the molecule is C[C@H](NC(=O)C(F)(F)F)C(=O)N[C@H](C=O)Cc1ccccc1. The minimum absolute atomic E-state index is 0.204. The van der Waals surface area contributed by atoms with Crippen LogP contribution in [-0.4, -0.2) is 36.4 Å². The normalized spacial score (nSPS) is 13.8. The van der Waals surface area contributed by atoms with Crippen molar-refractivity contribution in [2.75, 3.05) is 0 Å². The third-order valence-electron chi connectivity index (χ3n) is 2.79. The molecule has 5 nitrogen and oxygen atoms in total. The number of amides is 2. The topological polar surface area (TPSA) is 75.3 Å². The van der Waals surface area contributed by atoms with Gasteiger partial charge >= 0.3 is 12.1 Å². The van der Waals surface area contributed by atoms with Crippen LogP contribution in [0.3, 0.4) is 0 Å². The van der Waals surface area contributed by atoms with Crippen molar-refractivity contribution in [1.82, 2.24) is 10.6 Å². The van der Waals surface area contributed by atoms with E-state index in [0.29, 0.717) is 6.29 Å². The number of benzene rings is 1. The van der Waals surface area contributed by atoms with Crippen LogP contribution in [0.25, 0.3) is 0 Å². The van der Waals surface area contributed by atoms with Gasteiger partial charge in [-0.25, -0.2) is 0 Å². The maximum Gasteiger partial charge on any atom is 0.471 e. The third-order valence-corrected chi connectivity index (χ3v) is 2.79. The lowest BCUT2D eigenvalue weighted by molar-refractivity contribution is -0.174. The molecule has 0 aromatic heterocycles. The predicted molar refractivity (Wildman–Crippen MR) is 71.8 cm³/mol. The Morgan fingerprint density at radius 1 is 1.18 bits per heavy atom. The molecule has 0 aliphatic carbocycles. The highest BCUT2D eigenvalue weighted by molar-refractivity contribution is 5.90. The average molecular weight is 316 g/mol. The fourth-order valence-corrected chi connectivity index (χ4v) is 1.65. The average Bonchev–Trinajstić information content (AvgIpc) is 2.46. The first-order valence-electron chi connectivity index (χ1n) is 6.41. The van der Waals surface area contributed by atoms with Crippen LogP contribution in [0, 0.1) is 0 Å². The molecule has 0 saturated heterocycles. The van der Waals surface area contributed by atoms with Gasteiger partial charge in [-0.15, -0.1) is 0 Å². The summed E-state index contributed by atoms with van der Waals surface area (Å²) in [6.45, 7) is 1.10. The van der Waals surface area contributed by atoms with Crippen molar-refractivity contribution in [1.29, 1.82) is 0 Å². The molecule has 0 aliphatic heterocycles. The van der Waals surface area contributed by atoms with Gasteiger partial charge in [-0.3, -0.25) is 9.59 Å². The number of rotatable bonds is 6. The fourth-order valence-electron chi connectivity index (χ4n) is 1.65. The highest BCUT2D eigenvalue weighted by Crippen LogP contribution is 2.14. The second kappa shape index (κ2) is 7.58. The first-order valence-corrected chi connectivity index (χ1v) is 6.41. The number of nitrogens with one attached hydrogen (secondary N) is 2. The van der Waals surface area contributed by atoms with Crippen LogP contribution in [0.4, 0.5) is 13.2 Å². The van der Waals surface area contributed by atoms with Crippen LogP contribution in [-0.2, 0) is 20.8 Å². The summed E-state index contributed by atoms with van der Waals surface area (Å²) in [6, 6.07) is 6.49. The summed E-state index contributed by atoms with van der Waals surface area (Å²) in [5.41, 5.74) is 0.784. The van der Waals surface area contributed by atoms with E-state index in [0.717, 1.165) is 12.5 Å². The van der Waals surface area contributed by atoms with E-state index in [1.807, 2.05) is 0 Å². The molecule has 0 fully saturated rings. The molecule has 2 amide bonds. The number of aldehydes is 1. The molecule has 0 saturated carbocycles. The molecule has 0 bridgehead atoms. The summed E-state index contributed by atoms with van der Waals surface area (Å²) in [5, 5.41) is 3.80. The molecular weight excluding hydrogens is 301 g/mol. The highest BCUT2D eigenvalue weighted by atomic mass is 19.4. The van der Waals surface area contributed by atoms with Crippen LogP contribution < -0.4 is 10.6 Å². The number of alkyl halides is 3. The molecule has 0 heterocycles. The third kappa shape index (κ3) is 5.55. The molecule has 0 radical (unpaired) electrons. The summed E-state index contributed by atoms with van der Waals surface area (Å²) in [4.78, 5) is 33.4. The van der Waals surface area contributed by atoms with Crippen LogP contribution in [0.15, 0.2) is 30.3 Å². The largest absolute Gasteiger partial charge is 0.471 e. The molecule has 1 aromatic rings. The summed E-state index contributed by atoms with van der Waals surface area (Å²) >= 11 is 0. The Bertz CT molecular complexity index is 532. The first kappa shape index (κ1) is 17.7. The van der Waals surface area contributed by atoms with Crippen molar-refractivity contribution in [3.8, 4) is 0 Å². The van der Waals surface area contributed by atoms with E-state index in [4.69, 9.17) is 0 Å². The predicted octanol–water partition coefficient (Wildman–Crippen LogP) is 0.980. The maximum atomic E-state index is 12.1. The van der Waals surface area contributed by atoms with Gasteiger partial charge in [-0.05, 0) is 18.9 Å². The van der Waals surface area contributed by atoms with E-state index < -0.39 is 30.1 Å². The molecule has 2 atom stereocenters. The lowest BCUT2D eigenvalue weighted by Crippen LogP contribution is -2.51. The molecule has 120 valence electrons. The van der Waals surface area contributed by atoms with E-state index in [1.54, 1.807) is 30.3 Å². The zero-order valence-electron chi connectivity index (χ0n) is 11.7. The van der Waals surface area contributed by atoms with Crippen LogP contribution >= 0.6 is 0 Å². The Morgan fingerprint density at radius 3 is 2.27 bits per heavy atom. The first-order chi connectivity index (χ1) is 10.2. The lowest BCUT2D eigenvalue weighted by Gasteiger charge is -2.18. The zero-order chi connectivity index (χ0) is 16.8. The van der Waals surface area contributed by atoms with Crippen molar-refractivity contribution < 1.29 is 27.6 Å². The van der Waals surface area contributed by atoms with Crippen molar-refractivity contribution in [2.24, 2.45) is 0 Å². The van der Waals surface area contributed by atoms with Gasteiger partial charge < -0.3 is 15.4 Å². The Kier molecular flexibility index (Phi) is 6.09. The van der Waals surface area contributed by atoms with Crippen LogP contribution in [0.2, 0.25) is 0 Å². The van der Waals surface area contributed by atoms with Gasteiger partial charge in [0.05, 0.1) is 6.04 Å². The summed E-state index contributed by atoms with van der Waals surface area (Å²) < 4.78 is 36.3. The van der Waals surface area contributed by atoms with Crippen molar-refractivity contribution in [3.05, 3.63) is 35.9 Å². The monoisotopic (exact) mass is 316 g/mol. The van der Waals surface area contributed by atoms with Gasteiger partial charge in [0, 0.05) is 0 Å². The Balaban J connectivity index is 2.57. The zero-order valence-corrected chi connectivity index (χ0v) is 11.7. The summed E-state index contributed by atoms with van der Waals surface area (Å²) in [6.07, 6.45) is -4.37. The van der Waals surface area contributed by atoms with Gasteiger partial charge in [0.1, 0.15) is 12.3 Å². The highest BCUT2D eigenvalue weighted by Gasteiger charge is 2.40. The lowest BCUT2D eigenvalue weighted by atomic mass is 10.1. The summed E-state index contributed by atoms with van der Waals surface area (Å²) in [7, 11) is 0. The molecule has 1 rings (SSSR count). The smallest absolute Gasteiger partial charge is 0.344 e. The number of hydrogen-bond donors (Lipinski definition) is 2. The molecule has 1 aromatic carbocycles. The van der Waals surface area contributed by atoms with Crippen molar-refractivity contribution in [2.45, 2.75) is 31.6 Å². The van der Waals surface area contributed by atoms with Gasteiger partial charge in [0.2, 0.25) is 5.91 Å². The molecule has 2 N–H and O–H groups in total. The van der Waals surface area contributed by atoms with Gasteiger partial charge in [-0.1, -0.05) is 30.3 Å². The summed E-state index contributed by atoms with van der Waals surface area (Å²) in [5.74, 6) is -3.08. The molecule has 0 aliphatic rings. The number of hydrogen-bond acceptors (Lipinski definition) is 3. The number of carbonyl (C=O) groups excluding carboxylic acids is 3. The van der Waals surface area contributed by atoms with Gasteiger partial charge in [0.15, 0.2) is 0 Å². The molecule has 0 spiro atoms. The van der Waals surface area contributed by atoms with E-state index >= 15 is 0 Å². The Morgan fingerprint density at radius 2 is 1.77 bits per heavy atom. The standard InChI is InChI=1S/C14H15F3N2O3/c1-9(18-13(22)14(15,16)17)12(21)19-11(8-20)7-10-5-3-2-4-6-10/h2-6,8-9,11H,7H2,1H3,(H,18,22)(H,19,21)/t9-,11-/m0/s1. The quantitative estimate of drug-likeness (QED) is 0.768. The maximum absolute atomic E-state index is 12.1. The minimum Gasteiger partial charge on any atom is -0.344 e. The van der Waals surface area contributed by atoms with Crippen LogP contribution in [0.5, 0.6) is 0 Å².